The number of hydrogen-bond donors (Lipinski definition) is 1. The lowest BCUT2D eigenvalue weighted by molar-refractivity contribution is -0.131. The predicted molar refractivity (Wildman–Crippen MR) is 85.9 cm³/mol. The minimum Gasteiger partial charge on any atom is -0.342 e. The van der Waals surface area contributed by atoms with E-state index in [1.807, 2.05) is 53.2 Å². The molecule has 1 N–H and O–H groups in total. The molecule has 0 unspecified atom stereocenters. The molecule has 1 aromatic carbocycles. The molecule has 1 amide bonds. The van der Waals surface area contributed by atoms with Gasteiger partial charge in [-0.05, 0) is 37.6 Å². The van der Waals surface area contributed by atoms with Gasteiger partial charge in [-0.1, -0.05) is 18.2 Å². The van der Waals surface area contributed by atoms with Crippen LogP contribution in [0.25, 0.3) is 5.69 Å². The van der Waals surface area contributed by atoms with Crippen LogP contribution in [0.3, 0.4) is 0 Å². The number of nitrogens with zero attached hydrogens (tertiary/aromatic N) is 3. The number of likely N-dealkylation sites (tertiary alicyclic amines) is 1. The fraction of sp³-hybridized carbons (Fsp3) is 0.412. The van der Waals surface area contributed by atoms with Gasteiger partial charge in [-0.2, -0.15) is 5.10 Å². The number of piperidine rings is 1. The van der Waals surface area contributed by atoms with Crippen molar-refractivity contribution in [3.8, 4) is 5.69 Å². The lowest BCUT2D eigenvalue weighted by Gasteiger charge is -2.31. The van der Waals surface area contributed by atoms with Crippen molar-refractivity contribution in [2.24, 2.45) is 0 Å². The zero-order valence-electron chi connectivity index (χ0n) is 12.9. The summed E-state index contributed by atoms with van der Waals surface area (Å²) < 4.78 is 1.82. The molecule has 1 fully saturated rings. The van der Waals surface area contributed by atoms with E-state index in [4.69, 9.17) is 0 Å². The van der Waals surface area contributed by atoms with Crippen LogP contribution in [-0.2, 0) is 11.2 Å². The van der Waals surface area contributed by atoms with Crippen molar-refractivity contribution in [3.05, 3.63) is 48.3 Å². The number of benzene rings is 1. The molecule has 0 aliphatic carbocycles. The molecule has 0 saturated carbocycles. The first-order valence-electron chi connectivity index (χ1n) is 7.80. The lowest BCUT2D eigenvalue weighted by Crippen LogP contribution is -2.44. The average Bonchev–Trinajstić information content (AvgIpc) is 3.04. The molecule has 5 heteroatoms. The fourth-order valence-corrected chi connectivity index (χ4v) is 2.88. The van der Waals surface area contributed by atoms with Crippen LogP contribution in [0.5, 0.6) is 0 Å². The largest absolute Gasteiger partial charge is 0.342 e. The first-order valence-corrected chi connectivity index (χ1v) is 7.80. The van der Waals surface area contributed by atoms with Crippen LogP contribution >= 0.6 is 0 Å². The second kappa shape index (κ2) is 6.75. The van der Waals surface area contributed by atoms with Crippen LogP contribution in [-0.4, -0.2) is 46.8 Å². The second-order valence-electron chi connectivity index (χ2n) is 5.75. The first-order chi connectivity index (χ1) is 10.8. The number of aromatic nitrogens is 2. The molecule has 1 saturated heterocycles. The van der Waals surface area contributed by atoms with E-state index in [-0.39, 0.29) is 5.91 Å². The summed E-state index contributed by atoms with van der Waals surface area (Å²) in [5, 5.41) is 7.63. The number of carbonyl (C=O) groups excluding carboxylic acids is 1. The van der Waals surface area contributed by atoms with Gasteiger partial charge in [-0.15, -0.1) is 0 Å². The minimum atomic E-state index is 0.196. The van der Waals surface area contributed by atoms with E-state index < -0.39 is 0 Å². The third-order valence-corrected chi connectivity index (χ3v) is 4.27. The maximum Gasteiger partial charge on any atom is 0.227 e. The second-order valence-corrected chi connectivity index (χ2v) is 5.75. The Balaban J connectivity index is 1.60. The Morgan fingerprint density at radius 2 is 2.00 bits per heavy atom. The van der Waals surface area contributed by atoms with E-state index in [2.05, 4.69) is 10.4 Å². The van der Waals surface area contributed by atoms with Crippen LogP contribution in [0.15, 0.2) is 42.7 Å². The van der Waals surface area contributed by atoms with Gasteiger partial charge in [0.1, 0.15) is 0 Å². The number of amides is 1. The van der Waals surface area contributed by atoms with Crippen LogP contribution in [0.4, 0.5) is 0 Å². The minimum absolute atomic E-state index is 0.196. The smallest absolute Gasteiger partial charge is 0.227 e. The van der Waals surface area contributed by atoms with Gasteiger partial charge < -0.3 is 10.2 Å². The summed E-state index contributed by atoms with van der Waals surface area (Å²) in [4.78, 5) is 14.3. The quantitative estimate of drug-likeness (QED) is 0.933. The summed E-state index contributed by atoms with van der Waals surface area (Å²) in [5.41, 5.74) is 1.97. The van der Waals surface area contributed by atoms with E-state index in [1.165, 1.54) is 0 Å². The van der Waals surface area contributed by atoms with Gasteiger partial charge in [-0.25, -0.2) is 4.68 Å². The molecule has 0 atom stereocenters. The van der Waals surface area contributed by atoms with Crippen molar-refractivity contribution in [2.45, 2.75) is 25.3 Å². The topological polar surface area (TPSA) is 50.2 Å². The van der Waals surface area contributed by atoms with E-state index in [0.717, 1.165) is 37.2 Å². The summed E-state index contributed by atoms with van der Waals surface area (Å²) in [6, 6.07) is 10.5. The van der Waals surface area contributed by atoms with E-state index in [9.17, 15) is 4.79 Å². The number of carbonyl (C=O) groups is 1. The maximum absolute atomic E-state index is 12.4. The monoisotopic (exact) mass is 298 g/mol. The Labute approximate surface area is 130 Å². The van der Waals surface area contributed by atoms with Crippen molar-refractivity contribution >= 4 is 5.91 Å². The molecule has 0 spiro atoms. The summed E-state index contributed by atoms with van der Waals surface area (Å²) in [5.74, 6) is 0.196. The molecule has 2 heterocycles. The van der Waals surface area contributed by atoms with Crippen molar-refractivity contribution in [1.82, 2.24) is 20.0 Å². The van der Waals surface area contributed by atoms with Gasteiger partial charge in [0.15, 0.2) is 0 Å². The number of rotatable bonds is 4. The molecular weight excluding hydrogens is 276 g/mol. The van der Waals surface area contributed by atoms with Crippen molar-refractivity contribution in [1.29, 1.82) is 0 Å². The Hall–Kier alpha value is -2.14. The lowest BCUT2D eigenvalue weighted by atomic mass is 10.0. The van der Waals surface area contributed by atoms with Crippen LogP contribution in [0.2, 0.25) is 0 Å². The van der Waals surface area contributed by atoms with Crippen molar-refractivity contribution in [3.63, 3.8) is 0 Å². The van der Waals surface area contributed by atoms with Crippen molar-refractivity contribution < 1.29 is 4.79 Å². The zero-order valence-corrected chi connectivity index (χ0v) is 12.9. The summed E-state index contributed by atoms with van der Waals surface area (Å²) in [6.07, 6.45) is 6.22. The van der Waals surface area contributed by atoms with Gasteiger partial charge in [0.2, 0.25) is 5.91 Å². The molecule has 1 aliphatic heterocycles. The molecule has 1 aromatic heterocycles. The van der Waals surface area contributed by atoms with E-state index >= 15 is 0 Å². The molecule has 1 aliphatic rings. The number of para-hydroxylation sites is 1. The highest BCUT2D eigenvalue weighted by molar-refractivity contribution is 5.78. The standard InChI is InChI=1S/C17H22N4O/c1-18-15-7-9-20(10-8-15)17(22)11-14-12-19-21(13-14)16-5-3-2-4-6-16/h2-6,12-13,15,18H,7-11H2,1H3. The Kier molecular flexibility index (Phi) is 4.53. The number of nitrogens with one attached hydrogen (secondary N) is 1. The molecule has 3 rings (SSSR count). The van der Waals surface area contributed by atoms with E-state index in [1.54, 1.807) is 6.20 Å². The number of hydrogen-bond acceptors (Lipinski definition) is 3. The first kappa shape index (κ1) is 14.8. The van der Waals surface area contributed by atoms with Crippen LogP contribution in [0, 0.1) is 0 Å². The normalized spacial score (nSPS) is 16.0. The molecule has 0 bridgehead atoms. The SMILES string of the molecule is CNC1CCN(C(=O)Cc2cnn(-c3ccccc3)c2)CC1. The molecule has 116 valence electrons. The van der Waals surface area contributed by atoms with Gasteiger partial charge in [0.25, 0.3) is 0 Å². The van der Waals surface area contributed by atoms with E-state index in [0.29, 0.717) is 12.5 Å². The Bertz CT molecular complexity index is 615. The Morgan fingerprint density at radius 1 is 1.27 bits per heavy atom. The zero-order chi connectivity index (χ0) is 15.4. The highest BCUT2D eigenvalue weighted by Gasteiger charge is 2.22. The summed E-state index contributed by atoms with van der Waals surface area (Å²) >= 11 is 0. The van der Waals surface area contributed by atoms with Crippen LogP contribution in [0.1, 0.15) is 18.4 Å². The predicted octanol–water partition coefficient (Wildman–Crippen LogP) is 1.63. The summed E-state index contributed by atoms with van der Waals surface area (Å²) in [7, 11) is 1.99. The van der Waals surface area contributed by atoms with Crippen LogP contribution < -0.4 is 5.32 Å². The molecule has 22 heavy (non-hydrogen) atoms. The molecule has 5 nitrogen and oxygen atoms in total. The third-order valence-electron chi connectivity index (χ3n) is 4.27. The van der Waals surface area contributed by atoms with Gasteiger partial charge in [0.05, 0.1) is 18.3 Å². The average molecular weight is 298 g/mol. The Morgan fingerprint density at radius 3 is 2.68 bits per heavy atom. The fourth-order valence-electron chi connectivity index (χ4n) is 2.88. The third kappa shape index (κ3) is 3.36. The molecule has 0 radical (unpaired) electrons. The van der Waals surface area contributed by atoms with Gasteiger partial charge in [-0.3, -0.25) is 4.79 Å². The molecule has 2 aromatic rings. The van der Waals surface area contributed by atoms with Gasteiger partial charge >= 0.3 is 0 Å². The highest BCUT2D eigenvalue weighted by atomic mass is 16.2. The highest BCUT2D eigenvalue weighted by Crippen LogP contribution is 2.13. The van der Waals surface area contributed by atoms with Gasteiger partial charge in [0, 0.05) is 25.3 Å². The summed E-state index contributed by atoms with van der Waals surface area (Å²) in [6.45, 7) is 1.69. The van der Waals surface area contributed by atoms with Crippen molar-refractivity contribution in [2.75, 3.05) is 20.1 Å². The molecular formula is C17H22N4O. The maximum atomic E-state index is 12.4.